The zero-order chi connectivity index (χ0) is 22.1. The molecule has 1 aliphatic rings. The van der Waals surface area contributed by atoms with Crippen molar-refractivity contribution in [3.8, 4) is 11.4 Å². The molecule has 32 heavy (non-hydrogen) atoms. The minimum Gasteiger partial charge on any atom is -0.497 e. The molecule has 2 aromatic carbocycles. The Balaban J connectivity index is 1.30. The van der Waals surface area contributed by atoms with Crippen LogP contribution in [-0.4, -0.2) is 58.2 Å². The number of fused-ring (bicyclic) bond motifs is 1. The van der Waals surface area contributed by atoms with E-state index < -0.39 is 0 Å². The minimum atomic E-state index is -0.203. The van der Waals surface area contributed by atoms with Gasteiger partial charge in [0.1, 0.15) is 11.6 Å². The molecular formula is C24H25FN6O. The predicted molar refractivity (Wildman–Crippen MR) is 122 cm³/mol. The van der Waals surface area contributed by atoms with E-state index in [9.17, 15) is 4.39 Å². The Labute approximate surface area is 186 Å². The SMILES string of the molecule is COc1ccc2nc(C)cc(-n3cc(CN4CCN(c5ccc(F)cc5)CC4)nn3)c2c1. The molecule has 0 spiro atoms. The van der Waals surface area contributed by atoms with E-state index in [1.165, 1.54) is 12.1 Å². The van der Waals surface area contributed by atoms with Crippen molar-refractivity contribution in [1.82, 2.24) is 24.9 Å². The van der Waals surface area contributed by atoms with E-state index in [0.29, 0.717) is 0 Å². The Morgan fingerprint density at radius 1 is 1.00 bits per heavy atom. The summed E-state index contributed by atoms with van der Waals surface area (Å²) in [6.45, 7) is 6.34. The fourth-order valence-corrected chi connectivity index (χ4v) is 4.17. The summed E-state index contributed by atoms with van der Waals surface area (Å²) in [5.74, 6) is 0.579. The average molecular weight is 433 g/mol. The number of ether oxygens (including phenoxy) is 1. The summed E-state index contributed by atoms with van der Waals surface area (Å²) in [5, 5.41) is 9.78. The number of anilines is 1. The van der Waals surface area contributed by atoms with E-state index in [-0.39, 0.29) is 5.82 Å². The molecule has 4 aromatic rings. The molecule has 0 saturated carbocycles. The number of aromatic nitrogens is 4. The molecule has 7 nitrogen and oxygen atoms in total. The number of hydrogen-bond donors (Lipinski definition) is 0. The van der Waals surface area contributed by atoms with Crippen molar-refractivity contribution < 1.29 is 9.13 Å². The number of methoxy groups -OCH3 is 1. The van der Waals surface area contributed by atoms with Gasteiger partial charge in [0.2, 0.25) is 0 Å². The first-order valence-electron chi connectivity index (χ1n) is 10.7. The molecule has 0 bridgehead atoms. The summed E-state index contributed by atoms with van der Waals surface area (Å²) in [6.07, 6.45) is 1.99. The first-order chi connectivity index (χ1) is 15.6. The monoisotopic (exact) mass is 432 g/mol. The van der Waals surface area contributed by atoms with E-state index >= 15 is 0 Å². The van der Waals surface area contributed by atoms with Crippen molar-refractivity contribution in [2.45, 2.75) is 13.5 Å². The third-order valence-corrected chi connectivity index (χ3v) is 5.86. The molecular weight excluding hydrogens is 407 g/mol. The van der Waals surface area contributed by atoms with Crippen LogP contribution in [0, 0.1) is 12.7 Å². The molecule has 2 aromatic heterocycles. The van der Waals surface area contributed by atoms with Gasteiger partial charge in [-0.3, -0.25) is 9.88 Å². The van der Waals surface area contributed by atoms with E-state index in [4.69, 9.17) is 4.74 Å². The van der Waals surface area contributed by atoms with Gasteiger partial charge in [0.25, 0.3) is 0 Å². The van der Waals surface area contributed by atoms with Gasteiger partial charge < -0.3 is 9.64 Å². The van der Waals surface area contributed by atoms with Crippen molar-refractivity contribution in [1.29, 1.82) is 0 Å². The zero-order valence-corrected chi connectivity index (χ0v) is 18.2. The highest BCUT2D eigenvalue weighted by atomic mass is 19.1. The topological polar surface area (TPSA) is 59.3 Å². The van der Waals surface area contributed by atoms with E-state index in [2.05, 4.69) is 25.1 Å². The highest BCUT2D eigenvalue weighted by Gasteiger charge is 2.19. The van der Waals surface area contributed by atoms with Crippen LogP contribution in [0.5, 0.6) is 5.75 Å². The Bertz CT molecular complexity index is 1230. The van der Waals surface area contributed by atoms with Crippen LogP contribution >= 0.6 is 0 Å². The maximum absolute atomic E-state index is 13.2. The zero-order valence-electron chi connectivity index (χ0n) is 18.2. The van der Waals surface area contributed by atoms with Crippen LogP contribution in [-0.2, 0) is 6.54 Å². The number of halogens is 1. The van der Waals surface area contributed by atoms with Gasteiger partial charge >= 0.3 is 0 Å². The highest BCUT2D eigenvalue weighted by molar-refractivity contribution is 5.88. The molecule has 0 unspecified atom stereocenters. The average Bonchev–Trinajstić information content (AvgIpc) is 3.27. The predicted octanol–water partition coefficient (Wildman–Crippen LogP) is 3.59. The molecule has 1 fully saturated rings. The molecule has 3 heterocycles. The second kappa shape index (κ2) is 8.55. The lowest BCUT2D eigenvalue weighted by molar-refractivity contribution is 0.247. The van der Waals surface area contributed by atoms with Crippen molar-refractivity contribution in [3.63, 3.8) is 0 Å². The molecule has 0 aliphatic carbocycles. The molecule has 0 amide bonds. The number of piperazine rings is 1. The third-order valence-electron chi connectivity index (χ3n) is 5.86. The molecule has 0 radical (unpaired) electrons. The molecule has 0 N–H and O–H groups in total. The Hall–Kier alpha value is -3.52. The summed E-state index contributed by atoms with van der Waals surface area (Å²) >= 11 is 0. The molecule has 1 aliphatic heterocycles. The van der Waals surface area contributed by atoms with Gasteiger partial charge in [-0.1, -0.05) is 5.21 Å². The molecule has 1 saturated heterocycles. The highest BCUT2D eigenvalue weighted by Crippen LogP contribution is 2.26. The lowest BCUT2D eigenvalue weighted by Gasteiger charge is -2.35. The fourth-order valence-electron chi connectivity index (χ4n) is 4.17. The lowest BCUT2D eigenvalue weighted by Crippen LogP contribution is -2.46. The summed E-state index contributed by atoms with van der Waals surface area (Å²) in [5.41, 5.74) is 4.74. The molecule has 164 valence electrons. The number of aryl methyl sites for hydroxylation is 1. The second-order valence-electron chi connectivity index (χ2n) is 8.06. The van der Waals surface area contributed by atoms with Gasteiger partial charge in [0.15, 0.2) is 0 Å². The first kappa shape index (κ1) is 20.4. The fraction of sp³-hybridized carbons (Fsp3) is 0.292. The largest absolute Gasteiger partial charge is 0.497 e. The number of pyridine rings is 1. The van der Waals surface area contributed by atoms with E-state index in [1.54, 1.807) is 7.11 Å². The van der Waals surface area contributed by atoms with Crippen molar-refractivity contribution in [2.75, 3.05) is 38.2 Å². The van der Waals surface area contributed by atoms with Gasteiger partial charge in [0, 0.05) is 49.5 Å². The Morgan fingerprint density at radius 3 is 2.53 bits per heavy atom. The lowest BCUT2D eigenvalue weighted by atomic mass is 10.1. The van der Waals surface area contributed by atoms with Crippen LogP contribution in [0.3, 0.4) is 0 Å². The van der Waals surface area contributed by atoms with Crippen LogP contribution in [0.25, 0.3) is 16.6 Å². The maximum atomic E-state index is 13.2. The summed E-state index contributed by atoms with van der Waals surface area (Å²) in [6, 6.07) is 14.6. The third kappa shape index (κ3) is 4.13. The van der Waals surface area contributed by atoms with Gasteiger partial charge in [-0.15, -0.1) is 5.10 Å². The van der Waals surface area contributed by atoms with Crippen molar-refractivity contribution >= 4 is 16.6 Å². The van der Waals surface area contributed by atoms with E-state index in [1.807, 2.05) is 54.2 Å². The quantitative estimate of drug-likeness (QED) is 0.480. The second-order valence-corrected chi connectivity index (χ2v) is 8.06. The summed E-state index contributed by atoms with van der Waals surface area (Å²) < 4.78 is 20.4. The van der Waals surface area contributed by atoms with Crippen LogP contribution in [0.1, 0.15) is 11.4 Å². The Kier molecular flexibility index (Phi) is 5.45. The van der Waals surface area contributed by atoms with Crippen LogP contribution in [0.4, 0.5) is 10.1 Å². The first-order valence-corrected chi connectivity index (χ1v) is 10.7. The van der Waals surface area contributed by atoms with Gasteiger partial charge in [0.05, 0.1) is 30.2 Å². The van der Waals surface area contributed by atoms with Crippen LogP contribution in [0.15, 0.2) is 54.7 Å². The van der Waals surface area contributed by atoms with Gasteiger partial charge in [-0.2, -0.15) is 0 Å². The van der Waals surface area contributed by atoms with Crippen molar-refractivity contribution in [2.24, 2.45) is 0 Å². The summed E-state index contributed by atoms with van der Waals surface area (Å²) in [7, 11) is 1.66. The number of nitrogens with zero attached hydrogens (tertiary/aromatic N) is 6. The van der Waals surface area contributed by atoms with Crippen LogP contribution in [0.2, 0.25) is 0 Å². The van der Waals surface area contributed by atoms with Gasteiger partial charge in [-0.25, -0.2) is 9.07 Å². The maximum Gasteiger partial charge on any atom is 0.123 e. The normalized spacial score (nSPS) is 14.8. The summed E-state index contributed by atoms with van der Waals surface area (Å²) in [4.78, 5) is 9.28. The molecule has 5 rings (SSSR count). The van der Waals surface area contributed by atoms with E-state index in [0.717, 1.165) is 72.1 Å². The Morgan fingerprint density at radius 2 is 1.78 bits per heavy atom. The van der Waals surface area contributed by atoms with Gasteiger partial charge in [-0.05, 0) is 55.5 Å². The smallest absolute Gasteiger partial charge is 0.123 e. The molecule has 0 atom stereocenters. The standard InChI is InChI=1S/C24H25FN6O/c1-17-13-24(22-14-21(32-2)7-8-23(22)26-17)31-16-19(27-28-31)15-29-9-11-30(12-10-29)20-5-3-18(25)4-6-20/h3-8,13-14,16H,9-12,15H2,1-2H3. The molecule has 8 heteroatoms. The van der Waals surface area contributed by atoms with Crippen molar-refractivity contribution in [3.05, 3.63) is 71.9 Å². The van der Waals surface area contributed by atoms with Crippen LogP contribution < -0.4 is 9.64 Å². The number of rotatable bonds is 5. The number of benzene rings is 2. The number of hydrogen-bond acceptors (Lipinski definition) is 6. The minimum absolute atomic E-state index is 0.203.